The van der Waals surface area contributed by atoms with Crippen molar-refractivity contribution in [1.82, 2.24) is 0 Å². The number of hydrogen-bond acceptors (Lipinski definition) is 1. The minimum Gasteiger partial charge on any atom is -0.275 e. The summed E-state index contributed by atoms with van der Waals surface area (Å²) in [5.74, 6) is 0. The van der Waals surface area contributed by atoms with E-state index in [1.165, 1.54) is 0 Å². The fourth-order valence-electron chi connectivity index (χ4n) is 0.266. The molecule has 0 aliphatic carbocycles. The summed E-state index contributed by atoms with van der Waals surface area (Å²) in [5.41, 5.74) is 0. The zero-order valence-corrected chi connectivity index (χ0v) is 9.71. The molecule has 0 amide bonds. The first-order valence-electron chi connectivity index (χ1n) is 2.34. The first kappa shape index (κ1) is 12.9. The molecule has 0 N–H and O–H groups in total. The summed E-state index contributed by atoms with van der Waals surface area (Å²) in [6.07, 6.45) is 0. The second-order valence-electron chi connectivity index (χ2n) is 1.48. The highest BCUT2D eigenvalue weighted by Crippen LogP contribution is 2.31. The van der Waals surface area contributed by atoms with Gasteiger partial charge in [0, 0.05) is 0 Å². The Bertz CT molecular complexity index is 261. The van der Waals surface area contributed by atoms with Gasteiger partial charge in [-0.05, 0) is 11.6 Å². The molecule has 0 bridgehead atoms. The van der Waals surface area contributed by atoms with Gasteiger partial charge in [-0.15, -0.1) is 0 Å². The lowest BCUT2D eigenvalue weighted by Gasteiger charge is -1.97. The van der Waals surface area contributed by atoms with Crippen LogP contribution in [-0.2, 0) is 4.79 Å². The smallest absolute Gasteiger partial charge is 0.265 e. The summed E-state index contributed by atoms with van der Waals surface area (Å²) in [6.45, 7) is 0. The van der Waals surface area contributed by atoms with Gasteiger partial charge in [-0.2, -0.15) is 0 Å². The molecule has 0 spiro atoms. The largest absolute Gasteiger partial charge is 0.275 e. The quantitative estimate of drug-likeness (QED) is 0.420. The Kier molecular flexibility index (Phi) is 6.00. The highest BCUT2D eigenvalue weighted by molar-refractivity contribution is 6.76. The van der Waals surface area contributed by atoms with Crippen LogP contribution in [0.1, 0.15) is 0 Å². The Morgan fingerprint density at radius 2 is 1.08 bits per heavy atom. The number of halogens is 6. The lowest BCUT2D eigenvalue weighted by molar-refractivity contribution is -0.108. The average Bonchev–Trinajstić information content (AvgIpc) is 2.00. The van der Waals surface area contributed by atoms with Crippen molar-refractivity contribution in [3.63, 3.8) is 0 Å². The molecule has 7 heteroatoms. The maximum Gasteiger partial charge on any atom is 0.265 e. The molecule has 0 aliphatic heterocycles. The molecule has 12 heavy (non-hydrogen) atoms. The van der Waals surface area contributed by atoms with Gasteiger partial charge in [-0.25, -0.2) is 0 Å². The van der Waals surface area contributed by atoms with Crippen molar-refractivity contribution >= 4 is 74.8 Å². The Morgan fingerprint density at radius 1 is 0.667 bits per heavy atom. The van der Waals surface area contributed by atoms with Crippen LogP contribution in [-0.4, -0.2) is 5.24 Å². The number of rotatable bonds is 2. The Hall–Kier alpha value is 0.890. The summed E-state index contributed by atoms with van der Waals surface area (Å²) in [5, 5.41) is -1.87. The summed E-state index contributed by atoms with van der Waals surface area (Å²) in [4.78, 5) is 10.4. The molecule has 0 saturated carbocycles. The minimum absolute atomic E-state index is 0.223. The van der Waals surface area contributed by atoms with E-state index in [4.69, 9.17) is 69.6 Å². The van der Waals surface area contributed by atoms with E-state index in [0.717, 1.165) is 0 Å². The molecular weight excluding hydrogens is 289 g/mol. The maximum atomic E-state index is 10.4. The highest BCUT2D eigenvalue weighted by Gasteiger charge is 2.13. The van der Waals surface area contributed by atoms with Crippen molar-refractivity contribution < 1.29 is 4.79 Å². The molecule has 0 unspecified atom stereocenters. The van der Waals surface area contributed by atoms with Crippen LogP contribution in [0.5, 0.6) is 0 Å². The summed E-state index contributed by atoms with van der Waals surface area (Å²) in [6, 6.07) is 0. The number of carbonyl (C=O) groups excluding carboxylic acids is 1. The van der Waals surface area contributed by atoms with Crippen LogP contribution >= 0.6 is 69.6 Å². The third-order valence-electron chi connectivity index (χ3n) is 0.724. The number of hydrogen-bond donors (Lipinski definition) is 0. The summed E-state index contributed by atoms with van der Waals surface area (Å²) < 4.78 is -0.294. The fourth-order valence-corrected chi connectivity index (χ4v) is 1.11. The molecule has 0 radical (unpaired) electrons. The molecular formula is C5Cl6O. The van der Waals surface area contributed by atoms with Crippen LogP contribution in [0.2, 0.25) is 0 Å². The third-order valence-corrected chi connectivity index (χ3v) is 2.89. The normalized spacial score (nSPS) is 12.2. The van der Waals surface area contributed by atoms with Crippen molar-refractivity contribution in [3.8, 4) is 0 Å². The SMILES string of the molecule is O=C(Cl)/C(Cl)=C(/Cl)C(Cl)=C(Cl)Cl. The third kappa shape index (κ3) is 3.73. The Balaban J connectivity index is 5.06. The number of allylic oxidation sites excluding steroid dienone is 3. The molecule has 68 valence electrons. The molecule has 0 saturated heterocycles. The van der Waals surface area contributed by atoms with Crippen molar-refractivity contribution in [2.75, 3.05) is 0 Å². The molecule has 0 heterocycles. The van der Waals surface area contributed by atoms with Crippen LogP contribution in [0.4, 0.5) is 0 Å². The molecule has 0 aromatic carbocycles. The Labute approximate surface area is 98.8 Å². The van der Waals surface area contributed by atoms with Crippen LogP contribution < -0.4 is 0 Å². The van der Waals surface area contributed by atoms with E-state index in [-0.39, 0.29) is 14.6 Å². The van der Waals surface area contributed by atoms with E-state index in [2.05, 4.69) is 0 Å². The average molecular weight is 289 g/mol. The van der Waals surface area contributed by atoms with Gasteiger partial charge in [0.25, 0.3) is 5.24 Å². The topological polar surface area (TPSA) is 17.1 Å². The molecule has 0 atom stereocenters. The van der Waals surface area contributed by atoms with Gasteiger partial charge in [-0.3, -0.25) is 4.79 Å². The van der Waals surface area contributed by atoms with Crippen LogP contribution in [0.25, 0.3) is 0 Å². The molecule has 0 aromatic rings. The highest BCUT2D eigenvalue weighted by atomic mass is 35.5. The second-order valence-corrected chi connectivity index (χ2v) is 3.90. The summed E-state index contributed by atoms with van der Waals surface area (Å²) >= 11 is 31.7. The van der Waals surface area contributed by atoms with Crippen molar-refractivity contribution in [2.45, 2.75) is 0 Å². The zero-order chi connectivity index (χ0) is 9.89. The van der Waals surface area contributed by atoms with Crippen LogP contribution in [0.15, 0.2) is 19.6 Å². The first-order chi connectivity index (χ1) is 5.37. The lowest BCUT2D eigenvalue weighted by Crippen LogP contribution is -1.89. The van der Waals surface area contributed by atoms with E-state index in [0.29, 0.717) is 0 Å². The number of carbonyl (C=O) groups is 1. The van der Waals surface area contributed by atoms with E-state index in [1.807, 2.05) is 0 Å². The van der Waals surface area contributed by atoms with Gasteiger partial charge in [0.15, 0.2) is 0 Å². The van der Waals surface area contributed by atoms with Crippen LogP contribution in [0, 0.1) is 0 Å². The maximum absolute atomic E-state index is 10.4. The first-order valence-corrected chi connectivity index (χ1v) is 4.61. The summed E-state index contributed by atoms with van der Waals surface area (Å²) in [7, 11) is 0. The Morgan fingerprint density at radius 3 is 1.33 bits per heavy atom. The van der Waals surface area contributed by atoms with Crippen LogP contribution in [0.3, 0.4) is 0 Å². The van der Waals surface area contributed by atoms with E-state index in [9.17, 15) is 4.79 Å². The molecule has 0 rings (SSSR count). The minimum atomic E-state index is -0.936. The van der Waals surface area contributed by atoms with E-state index in [1.54, 1.807) is 0 Å². The lowest BCUT2D eigenvalue weighted by atomic mass is 10.5. The fraction of sp³-hybridized carbons (Fsp3) is 0. The van der Waals surface area contributed by atoms with Gasteiger partial charge in [0.05, 0.1) is 10.1 Å². The molecule has 0 fully saturated rings. The van der Waals surface area contributed by atoms with Gasteiger partial charge < -0.3 is 0 Å². The van der Waals surface area contributed by atoms with Gasteiger partial charge >= 0.3 is 0 Å². The zero-order valence-electron chi connectivity index (χ0n) is 5.18. The molecule has 0 aliphatic rings. The van der Waals surface area contributed by atoms with E-state index >= 15 is 0 Å². The monoisotopic (exact) mass is 286 g/mol. The predicted molar refractivity (Wildman–Crippen MR) is 54.2 cm³/mol. The standard InChI is InChI=1S/C5Cl6O/c6-1(2(7)4(9)10)3(8)5(11)12/b3-1-. The predicted octanol–water partition coefficient (Wildman–Crippen LogP) is 4.33. The molecule has 0 aromatic heterocycles. The van der Waals surface area contributed by atoms with Gasteiger partial charge in [0.1, 0.15) is 9.52 Å². The van der Waals surface area contributed by atoms with Crippen molar-refractivity contribution in [3.05, 3.63) is 19.6 Å². The van der Waals surface area contributed by atoms with E-state index < -0.39 is 10.3 Å². The van der Waals surface area contributed by atoms with Crippen molar-refractivity contribution in [2.24, 2.45) is 0 Å². The second kappa shape index (κ2) is 5.58. The molecule has 1 nitrogen and oxygen atoms in total. The van der Waals surface area contributed by atoms with Crippen molar-refractivity contribution in [1.29, 1.82) is 0 Å². The van der Waals surface area contributed by atoms with Gasteiger partial charge in [0.2, 0.25) is 0 Å². The van der Waals surface area contributed by atoms with Gasteiger partial charge in [-0.1, -0.05) is 58.0 Å².